The molecule has 0 aliphatic carbocycles. The number of hydrogen-bond acceptors (Lipinski definition) is 1. The Hall–Kier alpha value is -0.940. The lowest BCUT2D eigenvalue weighted by molar-refractivity contribution is 1.47. The summed E-state index contributed by atoms with van der Waals surface area (Å²) >= 11 is 1.28. The van der Waals surface area contributed by atoms with Gasteiger partial charge in [0.05, 0.1) is 4.90 Å². The fourth-order valence-corrected chi connectivity index (χ4v) is 0.943. The van der Waals surface area contributed by atoms with Gasteiger partial charge in [-0.2, -0.15) is 0 Å². The zero-order valence-electron chi connectivity index (χ0n) is 4.82. The molecule has 1 aromatic carbocycles. The van der Waals surface area contributed by atoms with Gasteiger partial charge in [-0.3, -0.25) is 0 Å². The normalized spacial score (nSPS) is 8.33. The van der Waals surface area contributed by atoms with Gasteiger partial charge >= 0.3 is 11.9 Å². The monoisotopic (exact) mass is 136 g/mol. The summed E-state index contributed by atoms with van der Waals surface area (Å²) in [6.45, 7) is 4.95. The molecule has 0 radical (unpaired) electrons. The first kappa shape index (κ1) is 6.18. The van der Waals surface area contributed by atoms with Gasteiger partial charge in [0.25, 0.3) is 6.57 Å². The van der Waals surface area contributed by atoms with Gasteiger partial charge in [0.15, 0.2) is 0 Å². The molecule has 0 spiro atoms. The van der Waals surface area contributed by atoms with E-state index in [0.717, 1.165) is 4.90 Å². The van der Waals surface area contributed by atoms with Crippen LogP contribution in [0, 0.1) is 6.57 Å². The Kier molecular flexibility index (Phi) is 2.17. The van der Waals surface area contributed by atoms with Gasteiger partial charge in [-0.1, -0.05) is 18.2 Å². The quantitative estimate of drug-likeness (QED) is 0.537. The highest BCUT2D eigenvalue weighted by molar-refractivity contribution is 8.01. The van der Waals surface area contributed by atoms with E-state index in [4.69, 9.17) is 6.57 Å². The summed E-state index contributed by atoms with van der Waals surface area (Å²) < 4.78 is 3.42. The fourth-order valence-electron chi connectivity index (χ4n) is 0.542. The van der Waals surface area contributed by atoms with E-state index in [1.807, 2.05) is 30.3 Å². The Morgan fingerprint density at radius 3 is 2.44 bits per heavy atom. The standard InChI is InChI=1S/C7H6NS/c1-8-9-7-5-3-2-4-6-7/h1-6H/q+1. The zero-order valence-corrected chi connectivity index (χ0v) is 5.64. The van der Waals surface area contributed by atoms with Crippen molar-refractivity contribution in [2.75, 3.05) is 0 Å². The van der Waals surface area contributed by atoms with Crippen LogP contribution < -0.4 is 0 Å². The molecule has 0 bridgehead atoms. The molecule has 0 amide bonds. The molecule has 0 saturated carbocycles. The Morgan fingerprint density at radius 2 is 1.89 bits per heavy atom. The Bertz CT molecular complexity index is 212. The van der Waals surface area contributed by atoms with E-state index >= 15 is 0 Å². The smallest absolute Gasteiger partial charge is 0.0622 e. The van der Waals surface area contributed by atoms with Gasteiger partial charge in [-0.25, -0.2) is 0 Å². The molecule has 0 aliphatic rings. The third-order valence-corrected chi connectivity index (χ3v) is 1.49. The molecule has 0 atom stereocenters. The van der Waals surface area contributed by atoms with Crippen molar-refractivity contribution in [2.45, 2.75) is 4.90 Å². The molecule has 2 heteroatoms. The molecule has 0 aromatic heterocycles. The minimum absolute atomic E-state index is 1.07. The topological polar surface area (TPSA) is 4.36 Å². The second kappa shape index (κ2) is 3.16. The molecular weight excluding hydrogens is 130 g/mol. The van der Waals surface area contributed by atoms with E-state index in [1.54, 1.807) is 0 Å². The van der Waals surface area contributed by atoms with Crippen molar-refractivity contribution in [3.8, 4) is 6.57 Å². The second-order valence-corrected chi connectivity index (χ2v) is 2.37. The fraction of sp³-hybridized carbons (Fsp3) is 0. The Balaban J connectivity index is 2.76. The molecule has 0 aliphatic heterocycles. The van der Waals surface area contributed by atoms with Crippen LogP contribution >= 0.6 is 11.9 Å². The molecule has 44 valence electrons. The largest absolute Gasteiger partial charge is 0.348 e. The van der Waals surface area contributed by atoms with Gasteiger partial charge < -0.3 is 0 Å². The van der Waals surface area contributed by atoms with Crippen molar-refractivity contribution in [3.63, 3.8) is 0 Å². The molecule has 0 N–H and O–H groups in total. The highest BCUT2D eigenvalue weighted by Crippen LogP contribution is 2.16. The summed E-state index contributed by atoms with van der Waals surface area (Å²) in [6.07, 6.45) is 0. The van der Waals surface area contributed by atoms with E-state index in [-0.39, 0.29) is 0 Å². The third-order valence-electron chi connectivity index (χ3n) is 0.901. The minimum Gasteiger partial charge on any atom is -0.0622 e. The second-order valence-electron chi connectivity index (χ2n) is 1.51. The van der Waals surface area contributed by atoms with Crippen molar-refractivity contribution in [2.24, 2.45) is 0 Å². The van der Waals surface area contributed by atoms with Gasteiger partial charge in [-0.15, -0.1) is 0 Å². The Labute approximate surface area is 58.7 Å². The first-order chi connectivity index (χ1) is 4.43. The number of benzene rings is 1. The van der Waals surface area contributed by atoms with Crippen molar-refractivity contribution in [1.29, 1.82) is 0 Å². The predicted molar refractivity (Wildman–Crippen MR) is 40.6 cm³/mol. The summed E-state index contributed by atoms with van der Waals surface area (Å²) in [6, 6.07) is 9.78. The summed E-state index contributed by atoms with van der Waals surface area (Å²) in [5.41, 5.74) is 0. The van der Waals surface area contributed by atoms with E-state index in [0.29, 0.717) is 0 Å². The number of rotatable bonds is 1. The van der Waals surface area contributed by atoms with E-state index in [2.05, 4.69) is 4.25 Å². The van der Waals surface area contributed by atoms with Crippen LogP contribution in [-0.4, -0.2) is 0 Å². The van der Waals surface area contributed by atoms with Gasteiger partial charge in [0, 0.05) is 4.25 Å². The van der Waals surface area contributed by atoms with Crippen LogP contribution in [-0.2, 0) is 0 Å². The first-order valence-corrected chi connectivity index (χ1v) is 3.33. The number of nitrogens with zero attached hydrogens (tertiary/aromatic N) is 1. The van der Waals surface area contributed by atoms with Crippen LogP contribution in [0.5, 0.6) is 0 Å². The molecule has 1 rings (SSSR count). The minimum atomic E-state index is 1.07. The van der Waals surface area contributed by atoms with Gasteiger partial charge in [0.2, 0.25) is 0 Å². The van der Waals surface area contributed by atoms with Crippen LogP contribution in [0.1, 0.15) is 0 Å². The molecule has 0 saturated heterocycles. The van der Waals surface area contributed by atoms with Crippen LogP contribution in [0.25, 0.3) is 4.25 Å². The molecule has 0 fully saturated rings. The molecule has 1 aromatic rings. The predicted octanol–water partition coefficient (Wildman–Crippen LogP) is 2.66. The van der Waals surface area contributed by atoms with Crippen LogP contribution in [0.4, 0.5) is 0 Å². The zero-order chi connectivity index (χ0) is 6.53. The van der Waals surface area contributed by atoms with Crippen LogP contribution in [0.15, 0.2) is 35.2 Å². The van der Waals surface area contributed by atoms with E-state index in [9.17, 15) is 0 Å². The number of hydrogen-bond donors (Lipinski definition) is 0. The molecule has 0 heterocycles. The van der Waals surface area contributed by atoms with E-state index < -0.39 is 0 Å². The maximum absolute atomic E-state index is 4.95. The van der Waals surface area contributed by atoms with Gasteiger partial charge in [-0.05, 0) is 12.1 Å². The highest BCUT2D eigenvalue weighted by atomic mass is 32.2. The lowest BCUT2D eigenvalue weighted by atomic mass is 10.4. The van der Waals surface area contributed by atoms with Crippen molar-refractivity contribution in [1.82, 2.24) is 0 Å². The van der Waals surface area contributed by atoms with Crippen molar-refractivity contribution < 1.29 is 0 Å². The highest BCUT2D eigenvalue weighted by Gasteiger charge is 1.96. The molecular formula is C7H6NS+. The van der Waals surface area contributed by atoms with E-state index in [1.165, 1.54) is 11.9 Å². The summed E-state index contributed by atoms with van der Waals surface area (Å²) in [4.78, 5) is 1.07. The van der Waals surface area contributed by atoms with Crippen LogP contribution in [0.3, 0.4) is 0 Å². The summed E-state index contributed by atoms with van der Waals surface area (Å²) in [5.74, 6) is 0. The lowest BCUT2D eigenvalue weighted by Gasteiger charge is -1.80. The summed E-state index contributed by atoms with van der Waals surface area (Å²) in [7, 11) is 0. The SMILES string of the molecule is C#[N+]Sc1ccccc1. The first-order valence-electron chi connectivity index (χ1n) is 2.56. The molecule has 0 unspecified atom stereocenters. The summed E-state index contributed by atoms with van der Waals surface area (Å²) in [5, 5.41) is 0. The maximum Gasteiger partial charge on any atom is 0.348 e. The molecule has 1 nitrogen and oxygen atoms in total. The average Bonchev–Trinajstić information content (AvgIpc) is 1.91. The van der Waals surface area contributed by atoms with Crippen LogP contribution in [0.2, 0.25) is 0 Å². The van der Waals surface area contributed by atoms with Gasteiger partial charge in [0.1, 0.15) is 0 Å². The molecule has 9 heavy (non-hydrogen) atoms. The maximum atomic E-state index is 4.95. The third kappa shape index (κ3) is 1.79. The van der Waals surface area contributed by atoms with Crippen molar-refractivity contribution >= 4 is 11.9 Å². The average molecular weight is 136 g/mol. The lowest BCUT2D eigenvalue weighted by Crippen LogP contribution is -1.61. The van der Waals surface area contributed by atoms with Crippen molar-refractivity contribution in [3.05, 3.63) is 34.6 Å². The Morgan fingerprint density at radius 1 is 1.22 bits per heavy atom.